The van der Waals surface area contributed by atoms with Gasteiger partial charge in [-0.15, -0.1) is 12.4 Å². The van der Waals surface area contributed by atoms with E-state index in [-0.39, 0.29) is 24.4 Å². The summed E-state index contributed by atoms with van der Waals surface area (Å²) in [5, 5.41) is 13.5. The van der Waals surface area contributed by atoms with E-state index in [9.17, 15) is 4.79 Å². The SMILES string of the molecule is CC(C)CCC(C)NC(=O)c1n[nH]c2c1CNCC2.Cl. The summed E-state index contributed by atoms with van der Waals surface area (Å²) in [5.41, 5.74) is 2.68. The van der Waals surface area contributed by atoms with Gasteiger partial charge < -0.3 is 10.6 Å². The van der Waals surface area contributed by atoms with Crippen molar-refractivity contribution in [3.8, 4) is 0 Å². The van der Waals surface area contributed by atoms with Crippen molar-refractivity contribution < 1.29 is 4.79 Å². The number of carbonyl (C=O) groups is 1. The van der Waals surface area contributed by atoms with E-state index in [1.165, 1.54) is 0 Å². The molecule has 0 aromatic carbocycles. The van der Waals surface area contributed by atoms with E-state index in [1.54, 1.807) is 0 Å². The number of nitrogens with zero attached hydrogens (tertiary/aromatic N) is 1. The molecule has 1 aromatic rings. The number of aromatic nitrogens is 2. The summed E-state index contributed by atoms with van der Waals surface area (Å²) in [5.74, 6) is 0.610. The van der Waals surface area contributed by atoms with Crippen molar-refractivity contribution in [1.29, 1.82) is 0 Å². The fourth-order valence-electron chi connectivity index (χ4n) is 2.36. The van der Waals surface area contributed by atoms with Crippen LogP contribution in [-0.4, -0.2) is 28.7 Å². The van der Waals surface area contributed by atoms with E-state index in [4.69, 9.17) is 0 Å². The Morgan fingerprint density at radius 1 is 1.35 bits per heavy atom. The molecule has 114 valence electrons. The van der Waals surface area contributed by atoms with Gasteiger partial charge in [-0.05, 0) is 25.7 Å². The van der Waals surface area contributed by atoms with Crippen molar-refractivity contribution in [2.75, 3.05) is 6.54 Å². The Morgan fingerprint density at radius 2 is 2.10 bits per heavy atom. The predicted octanol–water partition coefficient (Wildman–Crippen LogP) is 2.03. The minimum Gasteiger partial charge on any atom is -0.348 e. The molecular weight excluding hydrogens is 276 g/mol. The summed E-state index contributed by atoms with van der Waals surface area (Å²) in [6.07, 6.45) is 3.05. The Bertz CT molecular complexity index is 444. The first-order chi connectivity index (χ1) is 9.08. The Hall–Kier alpha value is -1.07. The van der Waals surface area contributed by atoms with Crippen molar-refractivity contribution in [1.82, 2.24) is 20.8 Å². The highest BCUT2D eigenvalue weighted by Gasteiger charge is 2.22. The summed E-state index contributed by atoms with van der Waals surface area (Å²) in [7, 11) is 0. The van der Waals surface area contributed by atoms with E-state index >= 15 is 0 Å². The zero-order valence-electron chi connectivity index (χ0n) is 12.5. The lowest BCUT2D eigenvalue weighted by atomic mass is 10.0. The van der Waals surface area contributed by atoms with Crippen molar-refractivity contribution >= 4 is 18.3 Å². The van der Waals surface area contributed by atoms with Gasteiger partial charge >= 0.3 is 0 Å². The maximum Gasteiger partial charge on any atom is 0.272 e. The van der Waals surface area contributed by atoms with Gasteiger partial charge in [-0.25, -0.2) is 0 Å². The molecule has 0 aliphatic carbocycles. The minimum atomic E-state index is -0.0579. The highest BCUT2D eigenvalue weighted by molar-refractivity contribution is 5.94. The number of halogens is 1. The number of amides is 1. The fraction of sp³-hybridized carbons (Fsp3) is 0.714. The molecule has 0 radical (unpaired) electrons. The summed E-state index contributed by atoms with van der Waals surface area (Å²) >= 11 is 0. The van der Waals surface area contributed by atoms with E-state index in [0.29, 0.717) is 11.6 Å². The van der Waals surface area contributed by atoms with Crippen molar-refractivity contribution in [2.24, 2.45) is 5.92 Å². The molecule has 1 aromatic heterocycles. The van der Waals surface area contributed by atoms with Crippen LogP contribution in [0.3, 0.4) is 0 Å². The van der Waals surface area contributed by atoms with Crippen molar-refractivity contribution in [2.45, 2.75) is 52.6 Å². The van der Waals surface area contributed by atoms with E-state index in [2.05, 4.69) is 41.6 Å². The molecule has 6 heteroatoms. The van der Waals surface area contributed by atoms with Crippen LogP contribution in [-0.2, 0) is 13.0 Å². The van der Waals surface area contributed by atoms with Crippen LogP contribution in [0.5, 0.6) is 0 Å². The number of nitrogens with one attached hydrogen (secondary N) is 3. The Morgan fingerprint density at radius 3 is 2.80 bits per heavy atom. The number of H-pyrrole nitrogens is 1. The molecule has 2 rings (SSSR count). The van der Waals surface area contributed by atoms with Gasteiger partial charge in [0.05, 0.1) is 0 Å². The standard InChI is InChI=1S/C14H24N4O.ClH/c1-9(2)4-5-10(3)16-14(19)13-11-8-15-7-6-12(11)17-18-13;/h9-10,15H,4-8H2,1-3H3,(H,16,19)(H,17,18);1H. The number of carbonyl (C=O) groups excluding carboxylic acids is 1. The van der Waals surface area contributed by atoms with E-state index in [0.717, 1.165) is 43.6 Å². The Balaban J connectivity index is 0.00000200. The predicted molar refractivity (Wildman–Crippen MR) is 82.2 cm³/mol. The van der Waals surface area contributed by atoms with E-state index in [1.807, 2.05) is 0 Å². The van der Waals surface area contributed by atoms with Gasteiger partial charge in [-0.2, -0.15) is 5.10 Å². The minimum absolute atomic E-state index is 0. The number of aromatic amines is 1. The molecule has 0 saturated carbocycles. The summed E-state index contributed by atoms with van der Waals surface area (Å²) in [4.78, 5) is 12.2. The quantitative estimate of drug-likeness (QED) is 0.779. The second-order valence-corrected chi connectivity index (χ2v) is 5.80. The average molecular weight is 301 g/mol. The second kappa shape index (κ2) is 7.64. The smallest absolute Gasteiger partial charge is 0.272 e. The third kappa shape index (κ3) is 4.21. The van der Waals surface area contributed by atoms with E-state index < -0.39 is 0 Å². The second-order valence-electron chi connectivity index (χ2n) is 5.80. The normalized spacial score (nSPS) is 15.4. The van der Waals surface area contributed by atoms with Crippen LogP contribution in [0.4, 0.5) is 0 Å². The first-order valence-electron chi connectivity index (χ1n) is 7.15. The number of hydrogen-bond acceptors (Lipinski definition) is 3. The molecular formula is C14H25ClN4O. The fourth-order valence-corrected chi connectivity index (χ4v) is 2.36. The summed E-state index contributed by atoms with van der Waals surface area (Å²) in [6, 6.07) is 0.193. The van der Waals surface area contributed by atoms with Crippen LogP contribution in [0, 0.1) is 5.92 Å². The van der Waals surface area contributed by atoms with Crippen LogP contribution in [0.15, 0.2) is 0 Å². The monoisotopic (exact) mass is 300 g/mol. The maximum atomic E-state index is 12.2. The Labute approximate surface area is 126 Å². The molecule has 1 amide bonds. The van der Waals surface area contributed by atoms with Gasteiger partial charge in [0.15, 0.2) is 5.69 Å². The molecule has 1 unspecified atom stereocenters. The topological polar surface area (TPSA) is 69.8 Å². The molecule has 0 bridgehead atoms. The highest BCUT2D eigenvalue weighted by Crippen LogP contribution is 2.15. The zero-order valence-corrected chi connectivity index (χ0v) is 13.3. The van der Waals surface area contributed by atoms with Crippen molar-refractivity contribution in [3.05, 3.63) is 17.0 Å². The molecule has 3 N–H and O–H groups in total. The van der Waals surface area contributed by atoms with Gasteiger partial charge in [-0.1, -0.05) is 13.8 Å². The third-order valence-electron chi connectivity index (χ3n) is 3.58. The van der Waals surface area contributed by atoms with Gasteiger partial charge in [-0.3, -0.25) is 9.89 Å². The number of rotatable bonds is 5. The lowest BCUT2D eigenvalue weighted by Gasteiger charge is -2.16. The molecule has 0 saturated heterocycles. The molecule has 2 heterocycles. The molecule has 1 aliphatic heterocycles. The van der Waals surface area contributed by atoms with Crippen LogP contribution < -0.4 is 10.6 Å². The lowest BCUT2D eigenvalue weighted by Crippen LogP contribution is -2.34. The first kappa shape index (κ1) is 17.0. The molecule has 0 fully saturated rings. The van der Waals surface area contributed by atoms with Gasteiger partial charge in [0, 0.05) is 36.8 Å². The summed E-state index contributed by atoms with van der Waals surface area (Å²) in [6.45, 7) is 8.13. The highest BCUT2D eigenvalue weighted by atomic mass is 35.5. The number of hydrogen-bond donors (Lipinski definition) is 3. The zero-order chi connectivity index (χ0) is 13.8. The molecule has 0 spiro atoms. The van der Waals surface area contributed by atoms with Gasteiger partial charge in [0.1, 0.15) is 0 Å². The first-order valence-corrected chi connectivity index (χ1v) is 7.15. The number of fused-ring (bicyclic) bond motifs is 1. The maximum absolute atomic E-state index is 12.2. The van der Waals surface area contributed by atoms with Crippen LogP contribution in [0.1, 0.15) is 55.4 Å². The molecule has 5 nitrogen and oxygen atoms in total. The van der Waals surface area contributed by atoms with Crippen molar-refractivity contribution in [3.63, 3.8) is 0 Å². The Kier molecular flexibility index (Phi) is 6.49. The summed E-state index contributed by atoms with van der Waals surface area (Å²) < 4.78 is 0. The lowest BCUT2D eigenvalue weighted by molar-refractivity contribution is 0.0931. The van der Waals surface area contributed by atoms with Gasteiger partial charge in [0.25, 0.3) is 5.91 Å². The third-order valence-corrected chi connectivity index (χ3v) is 3.58. The average Bonchev–Trinajstić information content (AvgIpc) is 2.80. The molecule has 1 aliphatic rings. The molecule has 1 atom stereocenters. The van der Waals surface area contributed by atoms with Crippen LogP contribution in [0.2, 0.25) is 0 Å². The van der Waals surface area contributed by atoms with Crippen LogP contribution >= 0.6 is 12.4 Å². The van der Waals surface area contributed by atoms with Crippen LogP contribution in [0.25, 0.3) is 0 Å². The largest absolute Gasteiger partial charge is 0.348 e. The molecule has 20 heavy (non-hydrogen) atoms. The van der Waals surface area contributed by atoms with Gasteiger partial charge in [0.2, 0.25) is 0 Å².